The summed E-state index contributed by atoms with van der Waals surface area (Å²) in [6.45, 7) is 1.73. The number of hydrogen-bond acceptors (Lipinski definition) is 3. The SMILES string of the molecule is O=C(Cn1c(O)c2c(c1O)CCCC2)N1CCC2CCCCC2C1. The molecule has 0 bridgehead atoms. The van der Waals surface area contributed by atoms with Crippen molar-refractivity contribution in [3.63, 3.8) is 0 Å². The molecule has 1 saturated carbocycles. The van der Waals surface area contributed by atoms with E-state index in [1.807, 2.05) is 4.90 Å². The number of aromatic hydroxyl groups is 2. The molecule has 132 valence electrons. The molecule has 2 heterocycles. The van der Waals surface area contributed by atoms with Crippen molar-refractivity contribution in [1.29, 1.82) is 0 Å². The van der Waals surface area contributed by atoms with E-state index in [1.165, 1.54) is 30.3 Å². The average molecular weight is 332 g/mol. The lowest BCUT2D eigenvalue weighted by atomic mass is 9.75. The van der Waals surface area contributed by atoms with Gasteiger partial charge in [0.1, 0.15) is 6.54 Å². The zero-order chi connectivity index (χ0) is 16.7. The van der Waals surface area contributed by atoms with E-state index < -0.39 is 0 Å². The first-order valence-corrected chi connectivity index (χ1v) is 9.55. The van der Waals surface area contributed by atoms with E-state index in [2.05, 4.69) is 0 Å². The summed E-state index contributed by atoms with van der Waals surface area (Å²) >= 11 is 0. The number of fused-ring (bicyclic) bond motifs is 2. The zero-order valence-electron chi connectivity index (χ0n) is 14.3. The number of amides is 1. The molecule has 1 aliphatic heterocycles. The highest BCUT2D eigenvalue weighted by atomic mass is 16.3. The van der Waals surface area contributed by atoms with E-state index in [0.29, 0.717) is 5.92 Å². The standard InChI is InChI=1S/C19H28N2O3/c22-17(20-10-9-13-5-1-2-6-14(13)11-20)12-21-18(23)15-7-3-4-8-16(15)19(21)24/h13-14,23-24H,1-12H2. The summed E-state index contributed by atoms with van der Waals surface area (Å²) in [5.74, 6) is 1.67. The van der Waals surface area contributed by atoms with Gasteiger partial charge in [0, 0.05) is 24.2 Å². The minimum absolute atomic E-state index is 0.0250. The highest BCUT2D eigenvalue weighted by molar-refractivity contribution is 5.77. The van der Waals surface area contributed by atoms with E-state index in [9.17, 15) is 15.0 Å². The Morgan fingerprint density at radius 3 is 2.21 bits per heavy atom. The van der Waals surface area contributed by atoms with E-state index >= 15 is 0 Å². The maximum absolute atomic E-state index is 12.7. The molecule has 0 spiro atoms. The lowest BCUT2D eigenvalue weighted by molar-refractivity contribution is -0.135. The van der Waals surface area contributed by atoms with Crippen LogP contribution in [0.1, 0.15) is 56.1 Å². The van der Waals surface area contributed by atoms with Crippen molar-refractivity contribution in [2.24, 2.45) is 11.8 Å². The zero-order valence-corrected chi connectivity index (χ0v) is 14.3. The third-order valence-corrected chi connectivity index (χ3v) is 6.46. The van der Waals surface area contributed by atoms with Gasteiger partial charge in [-0.15, -0.1) is 0 Å². The second-order valence-electron chi connectivity index (χ2n) is 7.83. The molecule has 5 nitrogen and oxygen atoms in total. The van der Waals surface area contributed by atoms with Crippen LogP contribution >= 0.6 is 0 Å². The summed E-state index contributed by atoms with van der Waals surface area (Å²) in [4.78, 5) is 14.7. The Morgan fingerprint density at radius 1 is 0.917 bits per heavy atom. The van der Waals surface area contributed by atoms with Crippen LogP contribution in [0.4, 0.5) is 0 Å². The van der Waals surface area contributed by atoms with Gasteiger partial charge in [-0.05, 0) is 50.4 Å². The molecule has 2 N–H and O–H groups in total. The molecule has 4 rings (SSSR count). The van der Waals surface area contributed by atoms with Crippen molar-refractivity contribution in [2.75, 3.05) is 13.1 Å². The molecule has 2 aliphatic carbocycles. The van der Waals surface area contributed by atoms with Crippen LogP contribution in [0.5, 0.6) is 11.8 Å². The summed E-state index contributed by atoms with van der Waals surface area (Å²) in [6.07, 6.45) is 9.95. The van der Waals surface area contributed by atoms with Gasteiger partial charge in [0.25, 0.3) is 0 Å². The monoisotopic (exact) mass is 332 g/mol. The molecule has 2 unspecified atom stereocenters. The summed E-state index contributed by atoms with van der Waals surface area (Å²) < 4.78 is 1.42. The third-order valence-electron chi connectivity index (χ3n) is 6.46. The van der Waals surface area contributed by atoms with Gasteiger partial charge in [-0.3, -0.25) is 9.36 Å². The second-order valence-corrected chi connectivity index (χ2v) is 7.83. The van der Waals surface area contributed by atoms with Crippen LogP contribution in [-0.2, 0) is 24.2 Å². The quantitative estimate of drug-likeness (QED) is 0.875. The lowest BCUT2D eigenvalue weighted by Crippen LogP contribution is -2.45. The van der Waals surface area contributed by atoms with Gasteiger partial charge < -0.3 is 15.1 Å². The molecule has 1 aromatic heterocycles. The first-order valence-electron chi connectivity index (χ1n) is 9.55. The Labute approximate surface area is 143 Å². The molecule has 3 aliphatic rings. The molecule has 1 amide bonds. The van der Waals surface area contributed by atoms with Crippen LogP contribution in [0.25, 0.3) is 0 Å². The van der Waals surface area contributed by atoms with Gasteiger partial charge in [0.15, 0.2) is 11.8 Å². The second kappa shape index (κ2) is 6.34. The fourth-order valence-corrected chi connectivity index (χ4v) is 5.04. The number of piperidine rings is 1. The lowest BCUT2D eigenvalue weighted by Gasteiger charge is -2.41. The average Bonchev–Trinajstić information content (AvgIpc) is 2.86. The topological polar surface area (TPSA) is 65.7 Å². The largest absolute Gasteiger partial charge is 0.494 e. The van der Waals surface area contributed by atoms with E-state index in [1.54, 1.807) is 0 Å². The van der Waals surface area contributed by atoms with Crippen molar-refractivity contribution < 1.29 is 15.0 Å². The van der Waals surface area contributed by atoms with Crippen molar-refractivity contribution >= 4 is 5.91 Å². The van der Waals surface area contributed by atoms with Crippen LogP contribution < -0.4 is 0 Å². The number of aromatic nitrogens is 1. The Hall–Kier alpha value is -1.65. The fourth-order valence-electron chi connectivity index (χ4n) is 5.04. The predicted molar refractivity (Wildman–Crippen MR) is 91.0 cm³/mol. The Morgan fingerprint density at radius 2 is 1.54 bits per heavy atom. The molecule has 1 aromatic rings. The smallest absolute Gasteiger partial charge is 0.242 e. The summed E-state index contributed by atoms with van der Waals surface area (Å²) in [5.41, 5.74) is 1.69. The maximum Gasteiger partial charge on any atom is 0.242 e. The number of rotatable bonds is 2. The molecular formula is C19H28N2O3. The van der Waals surface area contributed by atoms with E-state index in [-0.39, 0.29) is 24.2 Å². The summed E-state index contributed by atoms with van der Waals surface area (Å²) in [5, 5.41) is 20.8. The van der Waals surface area contributed by atoms with Crippen LogP contribution in [-0.4, -0.2) is 38.7 Å². The molecule has 1 saturated heterocycles. The number of hydrogen-bond donors (Lipinski definition) is 2. The highest BCUT2D eigenvalue weighted by Crippen LogP contribution is 2.39. The number of likely N-dealkylation sites (tertiary alicyclic amines) is 1. The molecular weight excluding hydrogens is 304 g/mol. The number of carbonyl (C=O) groups excluding carboxylic acids is 1. The van der Waals surface area contributed by atoms with Crippen molar-refractivity contribution in [1.82, 2.24) is 9.47 Å². The Balaban J connectivity index is 1.47. The van der Waals surface area contributed by atoms with Crippen LogP contribution in [0.15, 0.2) is 0 Å². The fraction of sp³-hybridized carbons (Fsp3) is 0.737. The van der Waals surface area contributed by atoms with Gasteiger partial charge in [0.2, 0.25) is 5.91 Å². The molecule has 2 atom stereocenters. The van der Waals surface area contributed by atoms with Crippen LogP contribution in [0, 0.1) is 11.8 Å². The Bertz CT molecular complexity index is 608. The van der Waals surface area contributed by atoms with E-state index in [0.717, 1.165) is 62.2 Å². The third kappa shape index (κ3) is 2.68. The van der Waals surface area contributed by atoms with Gasteiger partial charge >= 0.3 is 0 Å². The highest BCUT2D eigenvalue weighted by Gasteiger charge is 2.34. The first kappa shape index (κ1) is 15.9. The Kier molecular flexibility index (Phi) is 4.19. The minimum atomic E-state index is 0.0250. The summed E-state index contributed by atoms with van der Waals surface area (Å²) in [6, 6.07) is 0. The van der Waals surface area contributed by atoms with Crippen molar-refractivity contribution in [2.45, 2.75) is 64.3 Å². The van der Waals surface area contributed by atoms with Crippen molar-refractivity contribution in [3.8, 4) is 11.8 Å². The first-order chi connectivity index (χ1) is 11.6. The van der Waals surface area contributed by atoms with Gasteiger partial charge in [-0.1, -0.05) is 19.3 Å². The predicted octanol–water partition coefficient (Wildman–Crippen LogP) is 2.82. The molecule has 0 aromatic carbocycles. The molecule has 2 fully saturated rings. The number of carbonyl (C=O) groups is 1. The van der Waals surface area contributed by atoms with Gasteiger partial charge in [-0.25, -0.2) is 0 Å². The maximum atomic E-state index is 12.7. The van der Waals surface area contributed by atoms with Crippen LogP contribution in [0.2, 0.25) is 0 Å². The van der Waals surface area contributed by atoms with Gasteiger partial charge in [-0.2, -0.15) is 0 Å². The molecule has 5 heteroatoms. The minimum Gasteiger partial charge on any atom is -0.494 e. The van der Waals surface area contributed by atoms with E-state index in [4.69, 9.17) is 0 Å². The van der Waals surface area contributed by atoms with Gasteiger partial charge in [0.05, 0.1) is 0 Å². The number of nitrogens with zero attached hydrogens (tertiary/aromatic N) is 2. The molecule has 0 radical (unpaired) electrons. The normalized spacial score (nSPS) is 26.8. The molecule has 24 heavy (non-hydrogen) atoms. The summed E-state index contributed by atoms with van der Waals surface area (Å²) in [7, 11) is 0. The van der Waals surface area contributed by atoms with Crippen LogP contribution in [0.3, 0.4) is 0 Å². The van der Waals surface area contributed by atoms with Crippen molar-refractivity contribution in [3.05, 3.63) is 11.1 Å².